The lowest BCUT2D eigenvalue weighted by Gasteiger charge is -2.40. The van der Waals surface area contributed by atoms with Gasteiger partial charge in [-0.15, -0.1) is 0 Å². The predicted molar refractivity (Wildman–Crippen MR) is 129 cm³/mol. The number of phenols is 1. The number of thiocarbonyl (C=S) groups is 1. The molecule has 2 heterocycles. The average molecular weight is 495 g/mol. The number of carboxylic acid groups (broad SMARTS) is 1. The molecule has 1 spiro atoms. The summed E-state index contributed by atoms with van der Waals surface area (Å²) in [5, 5.41) is 35.4. The van der Waals surface area contributed by atoms with E-state index in [0.29, 0.717) is 39.5 Å². The molecule has 2 aromatic carbocycles. The number of benzene rings is 2. The number of aromatic hydroxyl groups is 1. The number of carbonyl (C=O) groups excluding carboxylic acids is 1. The van der Waals surface area contributed by atoms with Gasteiger partial charge in [0.1, 0.15) is 17.3 Å². The first kappa shape index (κ1) is 22.9. The topological polar surface area (TPSA) is 137 Å². The Labute approximate surface area is 205 Å². The van der Waals surface area contributed by atoms with E-state index >= 15 is 0 Å². The number of hydrogen-bond donors (Lipinski definition) is 5. The summed E-state index contributed by atoms with van der Waals surface area (Å²) in [6.45, 7) is 1.81. The number of rotatable bonds is 4. The van der Waals surface area contributed by atoms with Crippen LogP contribution in [0.1, 0.15) is 41.3 Å². The number of hydrogen-bond acceptors (Lipinski definition) is 7. The van der Waals surface area contributed by atoms with Gasteiger partial charge < -0.3 is 35.4 Å². The first-order valence-corrected chi connectivity index (χ1v) is 11.3. The molecule has 10 heteroatoms. The molecule has 5 N–H and O–H groups in total. The fourth-order valence-electron chi connectivity index (χ4n) is 4.61. The molecule has 0 aromatic heterocycles. The van der Waals surface area contributed by atoms with E-state index < -0.39 is 23.1 Å². The van der Waals surface area contributed by atoms with Gasteiger partial charge >= 0.3 is 11.9 Å². The summed E-state index contributed by atoms with van der Waals surface area (Å²) < 4.78 is 12.1. The van der Waals surface area contributed by atoms with Gasteiger partial charge in [0.2, 0.25) is 0 Å². The second-order valence-corrected chi connectivity index (χ2v) is 9.25. The molecular weight excluding hydrogens is 472 g/mol. The lowest BCUT2D eigenvalue weighted by atomic mass is 9.74. The fraction of sp³-hybridized carbons (Fsp3) is 0.240. The highest BCUT2D eigenvalue weighted by atomic mass is 32.1. The largest absolute Gasteiger partial charge is 0.508 e. The normalized spacial score (nSPS) is 23.7. The van der Waals surface area contributed by atoms with Crippen molar-refractivity contribution in [2.75, 3.05) is 11.9 Å². The zero-order valence-corrected chi connectivity index (χ0v) is 19.4. The van der Waals surface area contributed by atoms with Gasteiger partial charge in [0.15, 0.2) is 10.7 Å². The Hall–Kier alpha value is -3.89. The SMILES string of the molecule is CC1(O)C=CC2=C(C1)Oc1cc(O)ccc1C21OC(=O)c2cc(NC(=S)NCCC(=O)O)ccc21. The maximum Gasteiger partial charge on any atom is 0.340 e. The molecule has 2 unspecified atom stereocenters. The van der Waals surface area contributed by atoms with E-state index in [1.165, 1.54) is 12.1 Å². The first-order chi connectivity index (χ1) is 16.6. The zero-order chi connectivity index (χ0) is 25.0. The maximum absolute atomic E-state index is 13.2. The number of carbonyl (C=O) groups is 2. The summed E-state index contributed by atoms with van der Waals surface area (Å²) in [4.78, 5) is 23.8. The van der Waals surface area contributed by atoms with Gasteiger partial charge in [0, 0.05) is 41.4 Å². The van der Waals surface area contributed by atoms with Gasteiger partial charge in [-0.3, -0.25) is 4.79 Å². The summed E-state index contributed by atoms with van der Waals surface area (Å²) in [5.41, 5.74) is 0.138. The maximum atomic E-state index is 13.2. The number of esters is 1. The summed E-state index contributed by atoms with van der Waals surface area (Å²) in [6.07, 6.45) is 3.43. The number of aliphatic hydroxyl groups is 1. The third kappa shape index (κ3) is 3.90. The average Bonchev–Trinajstić information content (AvgIpc) is 3.05. The van der Waals surface area contributed by atoms with Crippen LogP contribution >= 0.6 is 12.2 Å². The van der Waals surface area contributed by atoms with E-state index in [-0.39, 0.29) is 30.2 Å². The van der Waals surface area contributed by atoms with Crippen LogP contribution in [-0.4, -0.2) is 44.5 Å². The molecule has 2 aromatic rings. The molecule has 0 fully saturated rings. The van der Waals surface area contributed by atoms with Crippen LogP contribution in [0.5, 0.6) is 11.5 Å². The highest BCUT2D eigenvalue weighted by Crippen LogP contribution is 2.56. The van der Waals surface area contributed by atoms with Crippen molar-refractivity contribution in [3.05, 3.63) is 76.6 Å². The number of phenolic OH excluding ortho intramolecular Hbond substituents is 1. The molecule has 0 bridgehead atoms. The molecule has 0 radical (unpaired) electrons. The van der Waals surface area contributed by atoms with Gasteiger partial charge in [0.25, 0.3) is 0 Å². The molecule has 2 aliphatic heterocycles. The fourth-order valence-corrected chi connectivity index (χ4v) is 4.83. The van der Waals surface area contributed by atoms with E-state index in [1.807, 2.05) is 0 Å². The number of ether oxygens (including phenoxy) is 2. The molecule has 2 atom stereocenters. The third-order valence-electron chi connectivity index (χ3n) is 6.13. The number of nitrogens with one attached hydrogen (secondary N) is 2. The quantitative estimate of drug-likeness (QED) is 0.319. The number of fused-ring (bicyclic) bond motifs is 5. The standard InChI is InChI=1S/C25H22N2O7S/c1-24(32)8-6-18-20(12-24)33-19-11-14(28)3-5-17(19)25(18)16-4-2-13(10-15(16)22(31)34-25)27-23(35)26-9-7-21(29)30/h2-6,8,10-11,28,32H,7,9,12H2,1H3,(H,29,30)(H2,26,27,35). The van der Waals surface area contributed by atoms with Gasteiger partial charge in [-0.2, -0.15) is 0 Å². The summed E-state index contributed by atoms with van der Waals surface area (Å²) in [5.74, 6) is -0.715. The number of anilines is 1. The summed E-state index contributed by atoms with van der Waals surface area (Å²) >= 11 is 5.21. The number of aliphatic carboxylic acids is 1. The molecule has 9 nitrogen and oxygen atoms in total. The van der Waals surface area contributed by atoms with Crippen LogP contribution in [0.2, 0.25) is 0 Å². The summed E-state index contributed by atoms with van der Waals surface area (Å²) in [7, 11) is 0. The van der Waals surface area contributed by atoms with Crippen LogP contribution in [0, 0.1) is 0 Å². The second-order valence-electron chi connectivity index (χ2n) is 8.84. The molecule has 5 rings (SSSR count). The van der Waals surface area contributed by atoms with Crippen molar-refractivity contribution in [3.8, 4) is 11.5 Å². The molecule has 35 heavy (non-hydrogen) atoms. The van der Waals surface area contributed by atoms with E-state index in [9.17, 15) is 19.8 Å². The molecule has 3 aliphatic rings. The lowest BCUT2D eigenvalue weighted by molar-refractivity contribution is -0.136. The first-order valence-electron chi connectivity index (χ1n) is 10.9. The van der Waals surface area contributed by atoms with E-state index in [4.69, 9.17) is 26.8 Å². The highest BCUT2D eigenvalue weighted by molar-refractivity contribution is 7.80. The van der Waals surface area contributed by atoms with E-state index in [1.54, 1.807) is 43.3 Å². The summed E-state index contributed by atoms with van der Waals surface area (Å²) in [6, 6.07) is 9.74. The van der Waals surface area contributed by atoms with Gasteiger partial charge in [0.05, 0.1) is 17.6 Å². The van der Waals surface area contributed by atoms with Crippen LogP contribution in [0.4, 0.5) is 5.69 Å². The van der Waals surface area contributed by atoms with E-state index in [2.05, 4.69) is 10.6 Å². The van der Waals surface area contributed by atoms with Crippen molar-refractivity contribution < 1.29 is 34.4 Å². The van der Waals surface area contributed by atoms with Crippen LogP contribution < -0.4 is 15.4 Å². The van der Waals surface area contributed by atoms with E-state index in [0.717, 1.165) is 0 Å². The van der Waals surface area contributed by atoms with Crippen molar-refractivity contribution in [2.24, 2.45) is 0 Å². The van der Waals surface area contributed by atoms with Crippen LogP contribution in [-0.2, 0) is 15.1 Å². The Morgan fingerprint density at radius 3 is 2.74 bits per heavy atom. The molecular formula is C25H22N2O7S. The third-order valence-corrected chi connectivity index (χ3v) is 6.38. The van der Waals surface area contributed by atoms with Gasteiger partial charge in [-0.05, 0) is 43.4 Å². The molecule has 1 aliphatic carbocycles. The van der Waals surface area contributed by atoms with Crippen molar-refractivity contribution in [1.82, 2.24) is 5.32 Å². The van der Waals surface area contributed by atoms with Gasteiger partial charge in [-0.25, -0.2) is 4.79 Å². The Bertz CT molecular complexity index is 1350. The number of carboxylic acids is 1. The molecule has 0 amide bonds. The highest BCUT2D eigenvalue weighted by Gasteiger charge is 2.55. The lowest BCUT2D eigenvalue weighted by Crippen LogP contribution is -2.39. The minimum atomic E-state index is -1.31. The Kier molecular flexibility index (Phi) is 5.30. The van der Waals surface area contributed by atoms with Crippen LogP contribution in [0.25, 0.3) is 0 Å². The monoisotopic (exact) mass is 494 g/mol. The minimum absolute atomic E-state index is 0.00549. The van der Waals surface area contributed by atoms with Crippen molar-refractivity contribution in [2.45, 2.75) is 31.0 Å². The zero-order valence-electron chi connectivity index (χ0n) is 18.6. The molecule has 0 saturated heterocycles. The van der Waals surface area contributed by atoms with Gasteiger partial charge in [-0.1, -0.05) is 18.2 Å². The van der Waals surface area contributed by atoms with Crippen LogP contribution in [0.3, 0.4) is 0 Å². The Morgan fingerprint density at radius 2 is 1.97 bits per heavy atom. The van der Waals surface area contributed by atoms with Crippen molar-refractivity contribution in [1.29, 1.82) is 0 Å². The molecule has 180 valence electrons. The van der Waals surface area contributed by atoms with Crippen molar-refractivity contribution >= 4 is 35.0 Å². The Morgan fingerprint density at radius 1 is 1.20 bits per heavy atom. The van der Waals surface area contributed by atoms with Crippen LogP contribution in [0.15, 0.2) is 59.9 Å². The minimum Gasteiger partial charge on any atom is -0.508 e. The smallest absolute Gasteiger partial charge is 0.340 e. The predicted octanol–water partition coefficient (Wildman–Crippen LogP) is 2.92. The Balaban J connectivity index is 1.56. The molecule has 0 saturated carbocycles. The second kappa shape index (κ2) is 8.10. The van der Waals surface area contributed by atoms with Crippen molar-refractivity contribution in [3.63, 3.8) is 0 Å².